The number of benzene rings is 2. The summed E-state index contributed by atoms with van der Waals surface area (Å²) in [6, 6.07) is 3.96. The fourth-order valence-corrected chi connectivity index (χ4v) is 2.41. The van der Waals surface area contributed by atoms with Gasteiger partial charge in [0.1, 0.15) is 17.3 Å². The van der Waals surface area contributed by atoms with E-state index in [4.69, 9.17) is 0 Å². The fraction of sp³-hybridized carbons (Fsp3) is 0.227. The molecule has 0 aliphatic rings. The highest BCUT2D eigenvalue weighted by Crippen LogP contribution is 2.23. The normalized spacial score (nSPS) is 9.61. The lowest BCUT2D eigenvalue weighted by atomic mass is 10.1. The SMILES string of the molecule is CCCCCC#Cc1cc(F)c(C#Cc2cc(F)c(N=C=S)c(F)c2)c(F)c1. The lowest BCUT2D eigenvalue weighted by Gasteiger charge is -2.00. The third kappa shape index (κ3) is 5.79. The van der Waals surface area contributed by atoms with Gasteiger partial charge < -0.3 is 0 Å². The Kier molecular flexibility index (Phi) is 7.96. The molecule has 0 unspecified atom stereocenters. The van der Waals surface area contributed by atoms with E-state index in [1.807, 2.05) is 5.16 Å². The highest BCUT2D eigenvalue weighted by molar-refractivity contribution is 7.78. The summed E-state index contributed by atoms with van der Waals surface area (Å²) in [4.78, 5) is 3.28. The lowest BCUT2D eigenvalue weighted by molar-refractivity contribution is 0.577. The van der Waals surface area contributed by atoms with Crippen LogP contribution in [0.25, 0.3) is 0 Å². The molecule has 2 rings (SSSR count). The molecule has 0 radical (unpaired) electrons. The number of thiocarbonyl (C=S) groups is 1. The molecule has 0 N–H and O–H groups in total. The topological polar surface area (TPSA) is 12.4 Å². The van der Waals surface area contributed by atoms with Gasteiger partial charge in [0, 0.05) is 17.5 Å². The van der Waals surface area contributed by atoms with Gasteiger partial charge in [0.2, 0.25) is 0 Å². The molecule has 0 amide bonds. The standard InChI is InChI=1S/C22H15F4NS/c1-2-3-4-5-6-7-15-10-18(23)17(19(24)11-15)9-8-16-12-20(25)22(27-14-28)21(26)13-16/h10-13H,2-5H2,1H3. The van der Waals surface area contributed by atoms with E-state index in [1.165, 1.54) is 0 Å². The van der Waals surface area contributed by atoms with Crippen LogP contribution in [0.3, 0.4) is 0 Å². The van der Waals surface area contributed by atoms with Crippen molar-refractivity contribution >= 4 is 23.1 Å². The molecule has 0 aliphatic carbocycles. The summed E-state index contributed by atoms with van der Waals surface area (Å²) in [7, 11) is 0. The van der Waals surface area contributed by atoms with Gasteiger partial charge >= 0.3 is 0 Å². The van der Waals surface area contributed by atoms with Gasteiger partial charge in [0.25, 0.3) is 0 Å². The first kappa shape index (κ1) is 21.4. The van der Waals surface area contributed by atoms with Gasteiger partial charge in [-0.05, 0) is 42.9 Å². The van der Waals surface area contributed by atoms with E-state index in [1.54, 1.807) is 0 Å². The van der Waals surface area contributed by atoms with Gasteiger partial charge in [0.15, 0.2) is 11.6 Å². The Bertz CT molecular complexity index is 1000. The molecule has 0 aromatic heterocycles. The van der Waals surface area contributed by atoms with Crippen molar-refractivity contribution < 1.29 is 17.6 Å². The van der Waals surface area contributed by atoms with Crippen LogP contribution in [0, 0.1) is 47.0 Å². The van der Waals surface area contributed by atoms with Crippen LogP contribution in [-0.2, 0) is 0 Å². The minimum Gasteiger partial charge on any atom is -0.205 e. The van der Waals surface area contributed by atoms with Crippen molar-refractivity contribution in [1.29, 1.82) is 0 Å². The number of hydrogen-bond acceptors (Lipinski definition) is 2. The summed E-state index contributed by atoms with van der Waals surface area (Å²) in [5.74, 6) is 6.40. The highest BCUT2D eigenvalue weighted by Gasteiger charge is 2.11. The number of rotatable bonds is 4. The van der Waals surface area contributed by atoms with Crippen molar-refractivity contribution in [2.75, 3.05) is 0 Å². The molecule has 0 bridgehead atoms. The summed E-state index contributed by atoms with van der Waals surface area (Å²) in [5, 5.41) is 1.87. The maximum absolute atomic E-state index is 14.2. The molecule has 6 heteroatoms. The van der Waals surface area contributed by atoms with E-state index < -0.39 is 34.5 Å². The van der Waals surface area contributed by atoms with Gasteiger partial charge in [0.05, 0.1) is 10.7 Å². The number of halogens is 4. The van der Waals surface area contributed by atoms with Gasteiger partial charge in [-0.25, -0.2) is 17.6 Å². The molecule has 0 aliphatic heterocycles. The minimum absolute atomic E-state index is 0.100. The average molecular weight is 401 g/mol. The quantitative estimate of drug-likeness (QED) is 0.192. The first-order valence-corrected chi connectivity index (χ1v) is 8.94. The second-order valence-corrected chi connectivity index (χ2v) is 6.00. The van der Waals surface area contributed by atoms with Crippen LogP contribution in [0.1, 0.15) is 49.3 Å². The molecule has 1 nitrogen and oxygen atoms in total. The maximum atomic E-state index is 14.2. The van der Waals surface area contributed by atoms with Crippen molar-refractivity contribution in [2.24, 2.45) is 4.99 Å². The molecule has 2 aromatic carbocycles. The second kappa shape index (κ2) is 10.4. The molecule has 0 saturated heterocycles. The average Bonchev–Trinajstić information content (AvgIpc) is 2.64. The minimum atomic E-state index is -1.00. The molecule has 0 saturated carbocycles. The van der Waals surface area contributed by atoms with E-state index >= 15 is 0 Å². The number of nitrogens with zero attached hydrogens (tertiary/aromatic N) is 1. The summed E-state index contributed by atoms with van der Waals surface area (Å²) in [6.07, 6.45) is 3.69. The molecule has 0 spiro atoms. The zero-order valence-electron chi connectivity index (χ0n) is 15.0. The van der Waals surface area contributed by atoms with Crippen molar-refractivity contribution in [2.45, 2.75) is 32.6 Å². The van der Waals surface area contributed by atoms with Crippen LogP contribution in [0.5, 0.6) is 0 Å². The first-order valence-electron chi connectivity index (χ1n) is 8.53. The largest absolute Gasteiger partial charge is 0.205 e. The monoisotopic (exact) mass is 401 g/mol. The predicted molar refractivity (Wildman–Crippen MR) is 104 cm³/mol. The van der Waals surface area contributed by atoms with Gasteiger partial charge in [-0.2, -0.15) is 4.99 Å². The predicted octanol–water partition coefficient (Wildman–Crippen LogP) is 6.31. The van der Waals surface area contributed by atoms with E-state index in [-0.39, 0.29) is 11.1 Å². The van der Waals surface area contributed by atoms with Crippen molar-refractivity contribution in [1.82, 2.24) is 0 Å². The third-order valence-electron chi connectivity index (χ3n) is 3.69. The highest BCUT2D eigenvalue weighted by atomic mass is 32.1. The molecule has 0 atom stereocenters. The number of aliphatic imine (C=N–C) groups is 1. The molecule has 0 fully saturated rings. The fourth-order valence-electron chi connectivity index (χ4n) is 2.32. The number of hydrogen-bond donors (Lipinski definition) is 0. The van der Waals surface area contributed by atoms with Crippen LogP contribution in [0.4, 0.5) is 23.2 Å². The van der Waals surface area contributed by atoms with Crippen LogP contribution >= 0.6 is 12.2 Å². The van der Waals surface area contributed by atoms with Gasteiger partial charge in [-0.3, -0.25) is 0 Å². The van der Waals surface area contributed by atoms with Gasteiger partial charge in [-0.1, -0.05) is 43.4 Å². The molecule has 28 heavy (non-hydrogen) atoms. The zero-order valence-corrected chi connectivity index (χ0v) is 15.8. The van der Waals surface area contributed by atoms with Crippen LogP contribution < -0.4 is 0 Å². The summed E-state index contributed by atoms with van der Waals surface area (Å²) < 4.78 is 55.9. The second-order valence-electron chi connectivity index (χ2n) is 5.82. The van der Waals surface area contributed by atoms with Crippen LogP contribution in [0.15, 0.2) is 29.3 Å². The summed E-state index contributed by atoms with van der Waals surface area (Å²) >= 11 is 4.31. The summed E-state index contributed by atoms with van der Waals surface area (Å²) in [6.45, 7) is 2.07. The number of isothiocyanates is 1. The van der Waals surface area contributed by atoms with Crippen LogP contribution in [-0.4, -0.2) is 5.16 Å². The van der Waals surface area contributed by atoms with Crippen LogP contribution in [0.2, 0.25) is 0 Å². The molecular formula is C22H15F4NS. The van der Waals surface area contributed by atoms with E-state index in [2.05, 4.69) is 47.8 Å². The first-order chi connectivity index (χ1) is 13.5. The lowest BCUT2D eigenvalue weighted by Crippen LogP contribution is -1.93. The van der Waals surface area contributed by atoms with Gasteiger partial charge in [-0.15, -0.1) is 0 Å². The van der Waals surface area contributed by atoms with Crippen molar-refractivity contribution in [3.05, 3.63) is 64.2 Å². The Morgan fingerprint density at radius 3 is 1.96 bits per heavy atom. The van der Waals surface area contributed by atoms with Crippen molar-refractivity contribution in [3.63, 3.8) is 0 Å². The number of unbranched alkanes of at least 4 members (excludes halogenated alkanes) is 3. The zero-order chi connectivity index (χ0) is 20.5. The molecular weight excluding hydrogens is 386 g/mol. The third-order valence-corrected chi connectivity index (χ3v) is 3.78. The van der Waals surface area contributed by atoms with E-state index in [0.717, 1.165) is 43.5 Å². The van der Waals surface area contributed by atoms with E-state index in [9.17, 15) is 17.6 Å². The van der Waals surface area contributed by atoms with E-state index in [0.29, 0.717) is 6.42 Å². The van der Waals surface area contributed by atoms with Crippen molar-refractivity contribution in [3.8, 4) is 23.7 Å². The Morgan fingerprint density at radius 2 is 1.39 bits per heavy atom. The molecule has 142 valence electrons. The Morgan fingerprint density at radius 1 is 0.821 bits per heavy atom. The molecule has 0 heterocycles. The Hall–Kier alpha value is -2.92. The maximum Gasteiger partial charge on any atom is 0.153 e. The summed E-state index contributed by atoms with van der Waals surface area (Å²) in [5.41, 5.74) is -0.994. The smallest absolute Gasteiger partial charge is 0.153 e. The Labute approximate surface area is 166 Å². The Balaban J connectivity index is 2.28. The molecule has 2 aromatic rings.